The molecule has 0 aliphatic heterocycles. The molecule has 13 heteroatoms. The van der Waals surface area contributed by atoms with Gasteiger partial charge >= 0.3 is 18.1 Å². The predicted molar refractivity (Wildman–Crippen MR) is 94.3 cm³/mol. The number of aryl methyl sites for hydroxylation is 1. The van der Waals surface area contributed by atoms with E-state index in [0.717, 1.165) is 17.1 Å². The van der Waals surface area contributed by atoms with Gasteiger partial charge in [0.05, 0.1) is 11.9 Å². The molecule has 148 valence electrons. The number of halogens is 3. The van der Waals surface area contributed by atoms with Crippen LogP contribution in [0.1, 0.15) is 17.7 Å². The van der Waals surface area contributed by atoms with E-state index in [1.165, 1.54) is 10.8 Å². The fourth-order valence-electron chi connectivity index (χ4n) is 1.17. The third-order valence-corrected chi connectivity index (χ3v) is 5.56. The summed E-state index contributed by atoms with van der Waals surface area (Å²) >= 11 is 1.56. The molecule has 0 radical (unpaired) electrons. The third-order valence-electron chi connectivity index (χ3n) is 2.31. The molecule has 0 aromatic carbocycles. The highest BCUT2D eigenvalue weighted by Gasteiger charge is 2.38. The lowest BCUT2D eigenvalue weighted by Crippen LogP contribution is -2.25. The Balaban J connectivity index is 0.000000758. The first kappa shape index (κ1) is 24.5. The standard InChI is InChI=1S/C11H16N2O3S3.C2HF3O2/c14-10(2-1-9-7-12-8-17-9)13-4-6-19-18-5-3-11(15)16;3-2(4,5)1(6)7/h7-8H,1-6H2,(H,13,14)(H,15,16);(H,6,7). The number of rotatable bonds is 10. The normalized spacial score (nSPS) is 10.6. The maximum absolute atomic E-state index is 11.5. The van der Waals surface area contributed by atoms with Crippen molar-refractivity contribution in [3.05, 3.63) is 16.6 Å². The minimum Gasteiger partial charge on any atom is -0.481 e. The molecule has 0 saturated carbocycles. The van der Waals surface area contributed by atoms with E-state index in [1.54, 1.807) is 33.8 Å². The number of nitrogens with one attached hydrogen (secondary N) is 1. The number of aliphatic carboxylic acids is 2. The van der Waals surface area contributed by atoms with E-state index in [0.29, 0.717) is 18.7 Å². The molecule has 1 aromatic heterocycles. The van der Waals surface area contributed by atoms with Gasteiger partial charge < -0.3 is 15.5 Å². The molecule has 1 rings (SSSR count). The van der Waals surface area contributed by atoms with Crippen molar-refractivity contribution in [3.63, 3.8) is 0 Å². The Morgan fingerprint density at radius 3 is 2.27 bits per heavy atom. The van der Waals surface area contributed by atoms with E-state index in [-0.39, 0.29) is 12.3 Å². The molecule has 0 saturated heterocycles. The number of carbonyl (C=O) groups is 3. The van der Waals surface area contributed by atoms with Crippen molar-refractivity contribution in [2.24, 2.45) is 0 Å². The molecule has 3 N–H and O–H groups in total. The Labute approximate surface area is 159 Å². The van der Waals surface area contributed by atoms with Crippen molar-refractivity contribution in [2.45, 2.75) is 25.4 Å². The minimum atomic E-state index is -5.08. The number of carboxylic acid groups (broad SMARTS) is 2. The Morgan fingerprint density at radius 2 is 1.77 bits per heavy atom. The predicted octanol–water partition coefficient (Wildman–Crippen LogP) is 2.68. The SMILES string of the molecule is O=C(O)C(F)(F)F.O=C(O)CCSSCCNC(=O)CCc1cncs1. The topological polar surface area (TPSA) is 117 Å². The van der Waals surface area contributed by atoms with E-state index in [4.69, 9.17) is 15.0 Å². The third kappa shape index (κ3) is 14.8. The van der Waals surface area contributed by atoms with Gasteiger partial charge in [0, 0.05) is 35.5 Å². The lowest BCUT2D eigenvalue weighted by Gasteiger charge is -2.03. The average molecular weight is 434 g/mol. The highest BCUT2D eigenvalue weighted by molar-refractivity contribution is 8.76. The van der Waals surface area contributed by atoms with Crippen molar-refractivity contribution in [1.29, 1.82) is 0 Å². The fourth-order valence-corrected chi connectivity index (χ4v) is 3.65. The van der Waals surface area contributed by atoms with Gasteiger partial charge in [0.25, 0.3) is 0 Å². The van der Waals surface area contributed by atoms with E-state index < -0.39 is 18.1 Å². The van der Waals surface area contributed by atoms with Crippen LogP contribution >= 0.6 is 32.9 Å². The number of carbonyl (C=O) groups excluding carboxylic acids is 1. The lowest BCUT2D eigenvalue weighted by atomic mass is 10.3. The van der Waals surface area contributed by atoms with Gasteiger partial charge in [0.2, 0.25) is 5.91 Å². The molecule has 1 heterocycles. The van der Waals surface area contributed by atoms with Crippen molar-refractivity contribution in [1.82, 2.24) is 10.3 Å². The summed E-state index contributed by atoms with van der Waals surface area (Å²) in [5.41, 5.74) is 1.76. The first-order valence-electron chi connectivity index (χ1n) is 7.03. The van der Waals surface area contributed by atoms with Crippen LogP contribution in [0.25, 0.3) is 0 Å². The Kier molecular flexibility index (Phi) is 12.9. The molecule has 0 aliphatic rings. The van der Waals surface area contributed by atoms with Crippen molar-refractivity contribution < 1.29 is 37.8 Å². The zero-order valence-corrected chi connectivity index (χ0v) is 15.8. The van der Waals surface area contributed by atoms with Gasteiger partial charge in [-0.3, -0.25) is 14.6 Å². The molecule has 7 nitrogen and oxygen atoms in total. The summed E-state index contributed by atoms with van der Waals surface area (Å²) in [6, 6.07) is 0. The van der Waals surface area contributed by atoms with Crippen LogP contribution in [-0.4, -0.2) is 57.3 Å². The summed E-state index contributed by atoms with van der Waals surface area (Å²) in [4.78, 5) is 35.7. The van der Waals surface area contributed by atoms with Crippen LogP contribution < -0.4 is 5.32 Å². The van der Waals surface area contributed by atoms with Gasteiger partial charge in [-0.05, 0) is 6.42 Å². The summed E-state index contributed by atoms with van der Waals surface area (Å²) in [5, 5.41) is 18.4. The Hall–Kier alpha value is -1.47. The molecular weight excluding hydrogens is 417 g/mol. The number of carboxylic acids is 2. The number of aromatic nitrogens is 1. The van der Waals surface area contributed by atoms with Gasteiger partial charge in [0.1, 0.15) is 0 Å². The quantitative estimate of drug-likeness (QED) is 0.380. The van der Waals surface area contributed by atoms with Crippen molar-refractivity contribution in [2.75, 3.05) is 18.1 Å². The summed E-state index contributed by atoms with van der Waals surface area (Å²) in [6.07, 6.45) is -1.90. The van der Waals surface area contributed by atoms with Crippen LogP contribution in [0.2, 0.25) is 0 Å². The number of hydrogen-bond acceptors (Lipinski definition) is 7. The number of alkyl halides is 3. The van der Waals surface area contributed by atoms with Crippen LogP contribution in [0.3, 0.4) is 0 Å². The first-order valence-corrected chi connectivity index (χ1v) is 10.4. The smallest absolute Gasteiger partial charge is 0.481 e. The highest BCUT2D eigenvalue weighted by Crippen LogP contribution is 2.20. The second-order valence-electron chi connectivity index (χ2n) is 4.41. The minimum absolute atomic E-state index is 0.0459. The van der Waals surface area contributed by atoms with E-state index >= 15 is 0 Å². The van der Waals surface area contributed by atoms with E-state index in [9.17, 15) is 22.8 Å². The number of amides is 1. The maximum atomic E-state index is 11.5. The average Bonchev–Trinajstić information content (AvgIpc) is 3.05. The molecule has 26 heavy (non-hydrogen) atoms. The second kappa shape index (κ2) is 13.7. The van der Waals surface area contributed by atoms with Crippen LogP contribution in [-0.2, 0) is 20.8 Å². The van der Waals surface area contributed by atoms with Crippen LogP contribution in [0, 0.1) is 0 Å². The largest absolute Gasteiger partial charge is 0.490 e. The molecule has 0 aliphatic carbocycles. The monoisotopic (exact) mass is 434 g/mol. The number of thiazole rings is 1. The maximum Gasteiger partial charge on any atom is 0.490 e. The van der Waals surface area contributed by atoms with E-state index in [2.05, 4.69) is 10.3 Å². The molecule has 0 spiro atoms. The summed E-state index contributed by atoms with van der Waals surface area (Å²) in [6.45, 7) is 0.617. The Morgan fingerprint density at radius 1 is 1.15 bits per heavy atom. The van der Waals surface area contributed by atoms with Crippen LogP contribution in [0.15, 0.2) is 11.7 Å². The summed E-state index contributed by atoms with van der Waals surface area (Å²) in [5.74, 6) is -2.10. The molecule has 0 bridgehead atoms. The Bertz CT molecular complexity index is 556. The van der Waals surface area contributed by atoms with Crippen LogP contribution in [0.5, 0.6) is 0 Å². The molecule has 1 amide bonds. The van der Waals surface area contributed by atoms with Gasteiger partial charge in [-0.15, -0.1) is 11.3 Å². The zero-order valence-electron chi connectivity index (χ0n) is 13.3. The van der Waals surface area contributed by atoms with Gasteiger partial charge in [-0.25, -0.2) is 4.79 Å². The molecule has 0 atom stereocenters. The highest BCUT2D eigenvalue weighted by atomic mass is 33.1. The zero-order chi connectivity index (χ0) is 20.0. The number of nitrogens with zero attached hydrogens (tertiary/aromatic N) is 1. The van der Waals surface area contributed by atoms with Gasteiger partial charge in [-0.1, -0.05) is 21.6 Å². The second-order valence-corrected chi connectivity index (χ2v) is 8.08. The molecule has 0 fully saturated rings. The van der Waals surface area contributed by atoms with Gasteiger partial charge in [0.15, 0.2) is 0 Å². The molecule has 0 unspecified atom stereocenters. The first-order chi connectivity index (χ1) is 12.1. The van der Waals surface area contributed by atoms with Gasteiger partial charge in [-0.2, -0.15) is 13.2 Å². The lowest BCUT2D eigenvalue weighted by molar-refractivity contribution is -0.192. The van der Waals surface area contributed by atoms with Crippen molar-refractivity contribution >= 4 is 50.8 Å². The summed E-state index contributed by atoms with van der Waals surface area (Å²) in [7, 11) is 3.11. The fraction of sp³-hybridized carbons (Fsp3) is 0.538. The van der Waals surface area contributed by atoms with Crippen molar-refractivity contribution in [3.8, 4) is 0 Å². The molecule has 1 aromatic rings. The number of hydrogen-bond donors (Lipinski definition) is 3. The molecular formula is C13H17F3N2O5S3. The summed E-state index contributed by atoms with van der Waals surface area (Å²) < 4.78 is 31.7. The van der Waals surface area contributed by atoms with E-state index in [1.807, 2.05) is 0 Å². The van der Waals surface area contributed by atoms with Crippen LogP contribution in [0.4, 0.5) is 13.2 Å².